The van der Waals surface area contributed by atoms with Gasteiger partial charge in [0.05, 0.1) is 11.9 Å². The fraction of sp³-hybridized carbons (Fsp3) is 0.278. The molecule has 0 spiro atoms. The van der Waals surface area contributed by atoms with Gasteiger partial charge in [0.15, 0.2) is 0 Å². The molecule has 0 amide bonds. The van der Waals surface area contributed by atoms with Crippen LogP contribution in [0.25, 0.3) is 0 Å². The highest BCUT2D eigenvalue weighted by molar-refractivity contribution is 5.85. The van der Waals surface area contributed by atoms with E-state index in [0.717, 1.165) is 5.69 Å². The van der Waals surface area contributed by atoms with Crippen LogP contribution in [0.3, 0.4) is 0 Å². The number of nitrogens with zero attached hydrogens (tertiary/aromatic N) is 1. The molecule has 0 radical (unpaired) electrons. The summed E-state index contributed by atoms with van der Waals surface area (Å²) in [4.78, 5) is 0. The average Bonchev–Trinajstić information content (AvgIpc) is 2.48. The number of hydrogen-bond acceptors (Lipinski definition) is 2. The highest BCUT2D eigenvalue weighted by Gasteiger charge is 2.10. The van der Waals surface area contributed by atoms with Crippen molar-refractivity contribution in [3.05, 3.63) is 63.7 Å². The summed E-state index contributed by atoms with van der Waals surface area (Å²) in [7, 11) is 0. The molecule has 2 nitrogen and oxygen atoms in total. The van der Waals surface area contributed by atoms with Crippen LogP contribution < -0.4 is 5.43 Å². The van der Waals surface area contributed by atoms with Gasteiger partial charge in [0.2, 0.25) is 0 Å². The summed E-state index contributed by atoms with van der Waals surface area (Å²) in [6.45, 7) is 10.9. The topological polar surface area (TPSA) is 24.4 Å². The Morgan fingerprint density at radius 1 is 0.750 bits per heavy atom. The first kappa shape index (κ1) is 14.3. The normalized spacial score (nSPS) is 11.1. The van der Waals surface area contributed by atoms with Crippen LogP contribution in [0.5, 0.6) is 0 Å². The zero-order valence-electron chi connectivity index (χ0n) is 12.9. The third kappa shape index (κ3) is 2.74. The second-order valence-electron chi connectivity index (χ2n) is 5.27. The van der Waals surface area contributed by atoms with Crippen LogP contribution in [0.15, 0.2) is 35.4 Å². The van der Waals surface area contributed by atoms with Gasteiger partial charge in [-0.05, 0) is 74.6 Å². The lowest BCUT2D eigenvalue weighted by atomic mass is 9.90. The Hall–Kier alpha value is -2.09. The van der Waals surface area contributed by atoms with Gasteiger partial charge in [-0.25, -0.2) is 0 Å². The molecule has 0 aromatic heterocycles. The van der Waals surface area contributed by atoms with Gasteiger partial charge in [0, 0.05) is 5.56 Å². The lowest BCUT2D eigenvalue weighted by Crippen LogP contribution is -2.03. The SMILES string of the molecule is Cc1c(C)c(C)c(C=NNc2ccccc2)c(C)c1C. The molecule has 0 aliphatic heterocycles. The van der Waals surface area contributed by atoms with Gasteiger partial charge < -0.3 is 0 Å². The van der Waals surface area contributed by atoms with Gasteiger partial charge in [0.1, 0.15) is 0 Å². The molecule has 2 heteroatoms. The Labute approximate surface area is 121 Å². The molecule has 20 heavy (non-hydrogen) atoms. The van der Waals surface area contributed by atoms with E-state index in [9.17, 15) is 0 Å². The molecule has 104 valence electrons. The summed E-state index contributed by atoms with van der Waals surface area (Å²) < 4.78 is 0. The van der Waals surface area contributed by atoms with Gasteiger partial charge >= 0.3 is 0 Å². The number of benzene rings is 2. The van der Waals surface area contributed by atoms with Crippen molar-refractivity contribution in [2.24, 2.45) is 5.10 Å². The van der Waals surface area contributed by atoms with Crippen LogP contribution in [0.1, 0.15) is 33.4 Å². The molecule has 2 aromatic rings. The highest BCUT2D eigenvalue weighted by Crippen LogP contribution is 2.24. The first-order valence-electron chi connectivity index (χ1n) is 6.93. The Kier molecular flexibility index (Phi) is 4.23. The maximum absolute atomic E-state index is 4.37. The Morgan fingerprint density at radius 3 is 1.80 bits per heavy atom. The van der Waals surface area contributed by atoms with Gasteiger partial charge in [-0.2, -0.15) is 5.10 Å². The number of rotatable bonds is 3. The van der Waals surface area contributed by atoms with Gasteiger partial charge in [-0.3, -0.25) is 5.43 Å². The summed E-state index contributed by atoms with van der Waals surface area (Å²) in [5.74, 6) is 0. The van der Waals surface area contributed by atoms with Crippen molar-refractivity contribution in [1.29, 1.82) is 0 Å². The first-order valence-corrected chi connectivity index (χ1v) is 6.93. The predicted molar refractivity (Wildman–Crippen MR) is 87.8 cm³/mol. The fourth-order valence-electron chi connectivity index (χ4n) is 2.41. The smallest absolute Gasteiger partial charge is 0.0561 e. The van der Waals surface area contributed by atoms with Crippen molar-refractivity contribution in [2.45, 2.75) is 34.6 Å². The van der Waals surface area contributed by atoms with E-state index in [4.69, 9.17) is 0 Å². The van der Waals surface area contributed by atoms with E-state index in [2.05, 4.69) is 45.1 Å². The molecule has 0 heterocycles. The molecule has 0 fully saturated rings. The van der Waals surface area contributed by atoms with E-state index in [1.165, 1.54) is 33.4 Å². The van der Waals surface area contributed by atoms with Crippen LogP contribution in [-0.2, 0) is 0 Å². The number of anilines is 1. The van der Waals surface area contributed by atoms with E-state index in [0.29, 0.717) is 0 Å². The fourth-order valence-corrected chi connectivity index (χ4v) is 2.41. The summed E-state index contributed by atoms with van der Waals surface area (Å²) in [5, 5.41) is 4.37. The highest BCUT2D eigenvalue weighted by atomic mass is 15.3. The van der Waals surface area contributed by atoms with Crippen molar-refractivity contribution in [3.63, 3.8) is 0 Å². The number of nitrogens with one attached hydrogen (secondary N) is 1. The minimum absolute atomic E-state index is 1.000. The van der Waals surface area contributed by atoms with Crippen LogP contribution in [0, 0.1) is 34.6 Å². The lowest BCUT2D eigenvalue weighted by molar-refractivity contribution is 1.16. The van der Waals surface area contributed by atoms with E-state index in [-0.39, 0.29) is 0 Å². The zero-order chi connectivity index (χ0) is 14.7. The van der Waals surface area contributed by atoms with Crippen LogP contribution >= 0.6 is 0 Å². The van der Waals surface area contributed by atoms with Crippen molar-refractivity contribution < 1.29 is 0 Å². The first-order chi connectivity index (χ1) is 9.52. The summed E-state index contributed by atoms with van der Waals surface area (Å²) in [6.07, 6.45) is 1.93. The van der Waals surface area contributed by atoms with Gasteiger partial charge in [-0.15, -0.1) is 0 Å². The standard InChI is InChI=1S/C18H22N2/c1-12-13(2)15(4)18(16(5)14(12)3)11-19-20-17-9-7-6-8-10-17/h6-11,20H,1-5H3. The van der Waals surface area contributed by atoms with Crippen LogP contribution in [0.4, 0.5) is 5.69 Å². The lowest BCUT2D eigenvalue weighted by Gasteiger charge is -2.15. The maximum Gasteiger partial charge on any atom is 0.0561 e. The molecule has 0 aliphatic carbocycles. The maximum atomic E-state index is 4.37. The molecule has 0 aliphatic rings. The summed E-state index contributed by atoms with van der Waals surface area (Å²) in [6, 6.07) is 9.99. The largest absolute Gasteiger partial charge is 0.279 e. The molecular weight excluding hydrogens is 244 g/mol. The third-order valence-electron chi connectivity index (χ3n) is 4.22. The molecule has 0 unspecified atom stereocenters. The van der Waals surface area contributed by atoms with Gasteiger partial charge in [-0.1, -0.05) is 18.2 Å². The number of para-hydroxylation sites is 1. The minimum atomic E-state index is 1.000. The second-order valence-corrected chi connectivity index (χ2v) is 5.27. The quantitative estimate of drug-likeness (QED) is 0.633. The summed E-state index contributed by atoms with van der Waals surface area (Å²) >= 11 is 0. The molecular formula is C18H22N2. The van der Waals surface area contributed by atoms with Gasteiger partial charge in [0.25, 0.3) is 0 Å². The Balaban J connectivity index is 2.30. The monoisotopic (exact) mass is 266 g/mol. The molecule has 0 saturated heterocycles. The Morgan fingerprint density at radius 2 is 1.25 bits per heavy atom. The average molecular weight is 266 g/mol. The molecule has 0 bridgehead atoms. The van der Waals surface area contributed by atoms with E-state index < -0.39 is 0 Å². The number of hydrazone groups is 1. The number of hydrogen-bond donors (Lipinski definition) is 1. The van der Waals surface area contributed by atoms with Crippen molar-refractivity contribution >= 4 is 11.9 Å². The second kappa shape index (κ2) is 5.91. The summed E-state index contributed by atoms with van der Waals surface area (Å²) in [5.41, 5.74) is 12.0. The van der Waals surface area contributed by atoms with E-state index in [1.807, 2.05) is 36.5 Å². The van der Waals surface area contributed by atoms with Crippen molar-refractivity contribution in [2.75, 3.05) is 5.43 Å². The molecule has 1 N–H and O–H groups in total. The van der Waals surface area contributed by atoms with Crippen LogP contribution in [-0.4, -0.2) is 6.21 Å². The zero-order valence-corrected chi connectivity index (χ0v) is 12.9. The predicted octanol–water partition coefficient (Wildman–Crippen LogP) is 4.67. The van der Waals surface area contributed by atoms with Crippen molar-refractivity contribution in [1.82, 2.24) is 0 Å². The Bertz CT molecular complexity index is 611. The van der Waals surface area contributed by atoms with E-state index in [1.54, 1.807) is 0 Å². The van der Waals surface area contributed by atoms with Crippen LogP contribution in [0.2, 0.25) is 0 Å². The molecule has 2 aromatic carbocycles. The molecule has 2 rings (SSSR count). The van der Waals surface area contributed by atoms with Crippen molar-refractivity contribution in [3.8, 4) is 0 Å². The minimum Gasteiger partial charge on any atom is -0.279 e. The molecule has 0 saturated carbocycles. The third-order valence-corrected chi connectivity index (χ3v) is 4.22. The van der Waals surface area contributed by atoms with E-state index >= 15 is 0 Å². The molecule has 0 atom stereocenters.